The van der Waals surface area contributed by atoms with Crippen LogP contribution in [0.5, 0.6) is 0 Å². The van der Waals surface area contributed by atoms with Crippen molar-refractivity contribution >= 4 is 11.9 Å². The van der Waals surface area contributed by atoms with Crippen LogP contribution in [0.3, 0.4) is 0 Å². The van der Waals surface area contributed by atoms with Crippen LogP contribution in [0.2, 0.25) is 0 Å². The van der Waals surface area contributed by atoms with Crippen molar-refractivity contribution in [1.82, 2.24) is 0 Å². The van der Waals surface area contributed by atoms with Gasteiger partial charge in [-0.15, -0.1) is 0 Å². The summed E-state index contributed by atoms with van der Waals surface area (Å²) < 4.78 is 0. The van der Waals surface area contributed by atoms with Gasteiger partial charge in [0.25, 0.3) is 0 Å². The predicted octanol–water partition coefficient (Wildman–Crippen LogP) is 3.51. The summed E-state index contributed by atoms with van der Waals surface area (Å²) in [4.78, 5) is 12.0. The third-order valence-corrected chi connectivity index (χ3v) is 3.19. The molecule has 1 aliphatic carbocycles. The number of hydrogen-bond acceptors (Lipinski definition) is 1. The molecule has 82 valence electrons. The zero-order valence-corrected chi connectivity index (χ0v) is 9.95. The lowest BCUT2D eigenvalue weighted by molar-refractivity contribution is -0.111. The van der Waals surface area contributed by atoms with Crippen molar-refractivity contribution in [3.05, 3.63) is 53.1 Å². The molecular weight excluding hydrogens is 196 g/mol. The van der Waals surface area contributed by atoms with Crippen LogP contribution in [-0.4, -0.2) is 5.78 Å². The van der Waals surface area contributed by atoms with Crippen LogP contribution in [0.4, 0.5) is 0 Å². The van der Waals surface area contributed by atoms with Crippen LogP contribution in [0.25, 0.3) is 6.08 Å². The number of carbonyl (C=O) groups is 1. The Bertz CT molecular complexity index is 490. The molecule has 1 heteroatoms. The Kier molecular flexibility index (Phi) is 2.55. The van der Waals surface area contributed by atoms with Gasteiger partial charge >= 0.3 is 0 Å². The minimum atomic E-state index is -0.173. The van der Waals surface area contributed by atoms with Gasteiger partial charge in [-0.2, -0.15) is 0 Å². The van der Waals surface area contributed by atoms with Gasteiger partial charge in [-0.3, -0.25) is 4.79 Å². The van der Waals surface area contributed by atoms with E-state index >= 15 is 0 Å². The minimum Gasteiger partial charge on any atom is -0.290 e. The summed E-state index contributed by atoms with van der Waals surface area (Å²) in [6.07, 6.45) is 5.44. The second-order valence-electron chi connectivity index (χ2n) is 4.63. The van der Waals surface area contributed by atoms with Crippen LogP contribution in [0.15, 0.2) is 42.0 Å². The van der Waals surface area contributed by atoms with E-state index in [9.17, 15) is 4.79 Å². The lowest BCUT2D eigenvalue weighted by Gasteiger charge is -2.22. The van der Waals surface area contributed by atoms with Gasteiger partial charge in [-0.1, -0.05) is 44.2 Å². The molecule has 0 heterocycles. The van der Waals surface area contributed by atoms with Crippen LogP contribution in [0, 0.1) is 0 Å². The highest BCUT2D eigenvalue weighted by molar-refractivity contribution is 6.10. The molecule has 2 rings (SSSR count). The van der Waals surface area contributed by atoms with Gasteiger partial charge in [-0.25, -0.2) is 0 Å². The fourth-order valence-corrected chi connectivity index (χ4v) is 2.29. The number of hydrogen-bond donors (Lipinski definition) is 0. The summed E-state index contributed by atoms with van der Waals surface area (Å²) in [6, 6.07) is 8.20. The van der Waals surface area contributed by atoms with Gasteiger partial charge in [0, 0.05) is 11.0 Å². The lowest BCUT2D eigenvalue weighted by atomic mass is 9.79. The number of fused-ring (bicyclic) bond motifs is 1. The van der Waals surface area contributed by atoms with Gasteiger partial charge in [0.05, 0.1) is 0 Å². The van der Waals surface area contributed by atoms with E-state index in [0.29, 0.717) is 0 Å². The molecule has 0 aromatic heterocycles. The maximum Gasteiger partial charge on any atom is 0.182 e. The monoisotopic (exact) mass is 212 g/mol. The van der Waals surface area contributed by atoms with Crippen LogP contribution >= 0.6 is 0 Å². The molecule has 1 aromatic rings. The van der Waals surface area contributed by atoms with Crippen LogP contribution < -0.4 is 0 Å². The second kappa shape index (κ2) is 3.75. The first-order chi connectivity index (χ1) is 7.57. The van der Waals surface area contributed by atoms with E-state index in [0.717, 1.165) is 5.57 Å². The molecule has 1 aliphatic rings. The summed E-state index contributed by atoms with van der Waals surface area (Å²) in [6.45, 7) is 6.08. The Balaban J connectivity index is 2.50. The van der Waals surface area contributed by atoms with Crippen molar-refractivity contribution < 1.29 is 4.79 Å². The zero-order chi connectivity index (χ0) is 11.8. The standard InChI is InChI=1S/C15H16O/c1-4-7-14(16)13-10-11-8-5-6-9-12(11)15(13,2)3/h4-10H,1-3H3/b7-4+. The third-order valence-electron chi connectivity index (χ3n) is 3.19. The smallest absolute Gasteiger partial charge is 0.182 e. The zero-order valence-electron chi connectivity index (χ0n) is 9.95. The lowest BCUT2D eigenvalue weighted by Crippen LogP contribution is -2.21. The number of ketones is 1. The number of benzene rings is 1. The third kappa shape index (κ3) is 1.53. The number of allylic oxidation sites excluding steroid dienone is 3. The molecule has 0 N–H and O–H groups in total. The number of rotatable bonds is 2. The van der Waals surface area contributed by atoms with Gasteiger partial charge in [0.1, 0.15) is 0 Å². The average Bonchev–Trinajstić information content (AvgIpc) is 2.52. The van der Waals surface area contributed by atoms with Crippen LogP contribution in [-0.2, 0) is 10.2 Å². The summed E-state index contributed by atoms with van der Waals surface area (Å²) in [7, 11) is 0. The average molecular weight is 212 g/mol. The van der Waals surface area contributed by atoms with Crippen LogP contribution in [0.1, 0.15) is 31.9 Å². The summed E-state index contributed by atoms with van der Waals surface area (Å²) in [5.74, 6) is 0.115. The highest BCUT2D eigenvalue weighted by atomic mass is 16.1. The molecule has 0 fully saturated rings. The fraction of sp³-hybridized carbons (Fsp3) is 0.267. The molecular formula is C15H16O. The predicted molar refractivity (Wildman–Crippen MR) is 67.3 cm³/mol. The van der Waals surface area contributed by atoms with E-state index in [4.69, 9.17) is 0 Å². The second-order valence-corrected chi connectivity index (χ2v) is 4.63. The number of carbonyl (C=O) groups excluding carboxylic acids is 1. The summed E-state index contributed by atoms with van der Waals surface area (Å²) in [5.41, 5.74) is 3.11. The molecule has 0 spiro atoms. The molecule has 0 unspecified atom stereocenters. The SMILES string of the molecule is C/C=C/C(=O)C1=Cc2ccccc2C1(C)C. The molecule has 1 aromatic carbocycles. The van der Waals surface area contributed by atoms with Gasteiger partial charge in [0.2, 0.25) is 0 Å². The molecule has 0 atom stereocenters. The normalized spacial score (nSPS) is 17.3. The first kappa shape index (κ1) is 10.9. The fourth-order valence-electron chi connectivity index (χ4n) is 2.29. The highest BCUT2D eigenvalue weighted by Gasteiger charge is 2.35. The molecule has 0 radical (unpaired) electrons. The Hall–Kier alpha value is -1.63. The maximum atomic E-state index is 12.0. The molecule has 0 aliphatic heterocycles. The van der Waals surface area contributed by atoms with E-state index in [1.165, 1.54) is 11.1 Å². The van der Waals surface area contributed by atoms with E-state index in [2.05, 4.69) is 26.0 Å². The van der Waals surface area contributed by atoms with E-state index < -0.39 is 0 Å². The van der Waals surface area contributed by atoms with Crippen molar-refractivity contribution in [2.75, 3.05) is 0 Å². The Morgan fingerprint density at radius 3 is 2.56 bits per heavy atom. The van der Waals surface area contributed by atoms with Gasteiger partial charge < -0.3 is 0 Å². The maximum absolute atomic E-state index is 12.0. The Labute approximate surface area is 96.5 Å². The molecule has 0 saturated heterocycles. The topological polar surface area (TPSA) is 17.1 Å². The van der Waals surface area contributed by atoms with Gasteiger partial charge in [-0.05, 0) is 30.2 Å². The van der Waals surface area contributed by atoms with Gasteiger partial charge in [0.15, 0.2) is 5.78 Å². The molecule has 0 amide bonds. The molecule has 0 saturated carbocycles. The van der Waals surface area contributed by atoms with E-state index in [1.54, 1.807) is 12.2 Å². The first-order valence-electron chi connectivity index (χ1n) is 5.56. The quantitative estimate of drug-likeness (QED) is 0.686. The Morgan fingerprint density at radius 1 is 1.25 bits per heavy atom. The first-order valence-corrected chi connectivity index (χ1v) is 5.56. The largest absolute Gasteiger partial charge is 0.290 e. The van der Waals surface area contributed by atoms with Crippen molar-refractivity contribution in [2.45, 2.75) is 26.2 Å². The Morgan fingerprint density at radius 2 is 1.94 bits per heavy atom. The summed E-state index contributed by atoms with van der Waals surface area (Å²) >= 11 is 0. The minimum absolute atomic E-state index is 0.115. The van der Waals surface area contributed by atoms with Crippen molar-refractivity contribution in [3.8, 4) is 0 Å². The van der Waals surface area contributed by atoms with E-state index in [1.807, 2.05) is 25.1 Å². The van der Waals surface area contributed by atoms with E-state index in [-0.39, 0.29) is 11.2 Å². The highest BCUT2D eigenvalue weighted by Crippen LogP contribution is 2.41. The summed E-state index contributed by atoms with van der Waals surface area (Å²) in [5, 5.41) is 0. The molecule has 16 heavy (non-hydrogen) atoms. The van der Waals surface area contributed by atoms with Crippen molar-refractivity contribution in [2.24, 2.45) is 0 Å². The van der Waals surface area contributed by atoms with Crippen molar-refractivity contribution in [3.63, 3.8) is 0 Å². The van der Waals surface area contributed by atoms with Crippen molar-refractivity contribution in [1.29, 1.82) is 0 Å². The molecule has 0 bridgehead atoms. The molecule has 1 nitrogen and oxygen atoms in total.